The van der Waals surface area contributed by atoms with Gasteiger partial charge in [-0.1, -0.05) is 41.0 Å². The number of thioether (sulfide) groups is 1. The predicted octanol–water partition coefficient (Wildman–Crippen LogP) is 4.76. The normalized spacial score (nSPS) is 11.9. The molecule has 0 radical (unpaired) electrons. The Hall–Kier alpha value is -2.22. The second-order valence-electron chi connectivity index (χ2n) is 5.94. The summed E-state index contributed by atoms with van der Waals surface area (Å²) < 4.78 is 5.14. The van der Waals surface area contributed by atoms with Gasteiger partial charge in [-0.15, -0.1) is 5.10 Å². The molecular formula is C19H18Cl2N4O2S. The number of nitrogens with one attached hydrogen (secondary N) is 2. The molecule has 0 aliphatic rings. The second kappa shape index (κ2) is 9.32. The summed E-state index contributed by atoms with van der Waals surface area (Å²) >= 11 is 13.3. The van der Waals surface area contributed by atoms with Crippen molar-refractivity contribution in [1.29, 1.82) is 0 Å². The molecule has 0 bridgehead atoms. The number of carbonyl (C=O) groups is 1. The van der Waals surface area contributed by atoms with E-state index in [4.69, 9.17) is 27.9 Å². The monoisotopic (exact) mass is 436 g/mol. The Morgan fingerprint density at radius 2 is 2.00 bits per heavy atom. The van der Waals surface area contributed by atoms with E-state index in [0.717, 1.165) is 16.9 Å². The number of rotatable bonds is 7. The zero-order valence-corrected chi connectivity index (χ0v) is 17.5. The minimum atomic E-state index is -0.236. The van der Waals surface area contributed by atoms with E-state index in [9.17, 15) is 4.79 Å². The maximum Gasteiger partial charge on any atom is 0.230 e. The van der Waals surface area contributed by atoms with Crippen LogP contribution in [0.1, 0.15) is 18.5 Å². The van der Waals surface area contributed by atoms with Crippen LogP contribution in [0, 0.1) is 0 Å². The van der Waals surface area contributed by atoms with Gasteiger partial charge < -0.3 is 10.1 Å². The van der Waals surface area contributed by atoms with Gasteiger partial charge in [0.25, 0.3) is 0 Å². The lowest BCUT2D eigenvalue weighted by Crippen LogP contribution is -2.28. The van der Waals surface area contributed by atoms with Gasteiger partial charge in [0.1, 0.15) is 5.75 Å². The van der Waals surface area contributed by atoms with Crippen LogP contribution in [0.15, 0.2) is 47.6 Å². The van der Waals surface area contributed by atoms with Crippen molar-refractivity contribution < 1.29 is 9.53 Å². The number of methoxy groups -OCH3 is 1. The number of hydrogen-bond acceptors (Lipinski definition) is 5. The van der Waals surface area contributed by atoms with Crippen LogP contribution in [0.2, 0.25) is 10.0 Å². The molecule has 0 aliphatic heterocycles. The maximum absolute atomic E-state index is 12.2. The summed E-state index contributed by atoms with van der Waals surface area (Å²) in [7, 11) is 1.62. The van der Waals surface area contributed by atoms with Gasteiger partial charge in [0.2, 0.25) is 11.1 Å². The lowest BCUT2D eigenvalue weighted by atomic mass is 10.1. The molecule has 3 rings (SSSR count). The number of amides is 1. The van der Waals surface area contributed by atoms with Crippen LogP contribution >= 0.6 is 35.0 Å². The Labute approximate surface area is 177 Å². The summed E-state index contributed by atoms with van der Waals surface area (Å²) in [5.74, 6) is 1.45. The lowest BCUT2D eigenvalue weighted by molar-refractivity contribution is -0.119. The highest BCUT2D eigenvalue weighted by Gasteiger charge is 2.14. The fraction of sp³-hybridized carbons (Fsp3) is 0.211. The molecule has 146 valence electrons. The van der Waals surface area contributed by atoms with Crippen molar-refractivity contribution >= 4 is 40.9 Å². The first-order chi connectivity index (χ1) is 13.5. The highest BCUT2D eigenvalue weighted by Crippen LogP contribution is 2.26. The Morgan fingerprint density at radius 1 is 1.25 bits per heavy atom. The molecule has 2 N–H and O–H groups in total. The minimum Gasteiger partial charge on any atom is -0.497 e. The van der Waals surface area contributed by atoms with Crippen LogP contribution in [0.25, 0.3) is 11.4 Å². The molecule has 1 amide bonds. The van der Waals surface area contributed by atoms with Gasteiger partial charge in [-0.25, -0.2) is 4.98 Å². The summed E-state index contributed by atoms with van der Waals surface area (Å²) in [5.41, 5.74) is 1.69. The molecule has 1 heterocycles. The SMILES string of the molecule is COc1ccc(-c2nc(SCC(=O)NC(C)c3ccc(Cl)cc3Cl)n[nH]2)cc1. The van der Waals surface area contributed by atoms with E-state index in [1.807, 2.05) is 31.2 Å². The molecule has 2 aromatic carbocycles. The van der Waals surface area contributed by atoms with Crippen molar-refractivity contribution in [2.45, 2.75) is 18.1 Å². The van der Waals surface area contributed by atoms with Crippen LogP contribution in [-0.4, -0.2) is 34.0 Å². The molecule has 6 nitrogen and oxygen atoms in total. The van der Waals surface area contributed by atoms with E-state index < -0.39 is 0 Å². The average molecular weight is 437 g/mol. The van der Waals surface area contributed by atoms with Crippen molar-refractivity contribution in [3.63, 3.8) is 0 Å². The molecule has 0 saturated carbocycles. The van der Waals surface area contributed by atoms with Crippen LogP contribution in [0.3, 0.4) is 0 Å². The molecule has 1 atom stereocenters. The number of carbonyl (C=O) groups excluding carboxylic acids is 1. The van der Waals surface area contributed by atoms with E-state index in [2.05, 4.69) is 20.5 Å². The largest absolute Gasteiger partial charge is 0.497 e. The number of aromatic amines is 1. The standard InChI is InChI=1S/C19H18Cl2N4O2S/c1-11(15-8-5-13(20)9-16(15)21)22-17(26)10-28-19-23-18(24-25-19)12-3-6-14(27-2)7-4-12/h3-9,11H,10H2,1-2H3,(H,22,26)(H,23,24,25). The van der Waals surface area contributed by atoms with Gasteiger partial charge >= 0.3 is 0 Å². The maximum atomic E-state index is 12.2. The third-order valence-electron chi connectivity index (χ3n) is 3.97. The number of nitrogens with zero attached hydrogens (tertiary/aromatic N) is 2. The number of benzene rings is 2. The fourth-order valence-corrected chi connectivity index (χ4v) is 3.71. The van der Waals surface area contributed by atoms with Gasteiger partial charge in [0.05, 0.1) is 18.9 Å². The zero-order chi connectivity index (χ0) is 20.1. The van der Waals surface area contributed by atoms with E-state index >= 15 is 0 Å². The summed E-state index contributed by atoms with van der Waals surface area (Å²) in [6, 6.07) is 12.4. The molecule has 28 heavy (non-hydrogen) atoms. The number of hydrogen-bond donors (Lipinski definition) is 2. The van der Waals surface area contributed by atoms with Crippen LogP contribution in [-0.2, 0) is 4.79 Å². The summed E-state index contributed by atoms with van der Waals surface area (Å²) in [4.78, 5) is 16.7. The molecule has 0 aliphatic carbocycles. The minimum absolute atomic E-state index is 0.140. The summed E-state index contributed by atoms with van der Waals surface area (Å²) in [6.45, 7) is 1.87. The summed E-state index contributed by atoms with van der Waals surface area (Å²) in [6.07, 6.45) is 0. The Bertz CT molecular complexity index is 963. The predicted molar refractivity (Wildman–Crippen MR) is 112 cm³/mol. The molecule has 0 fully saturated rings. The van der Waals surface area contributed by atoms with Crippen LogP contribution in [0.5, 0.6) is 5.75 Å². The third-order valence-corrected chi connectivity index (χ3v) is 5.38. The van der Waals surface area contributed by atoms with E-state index in [0.29, 0.717) is 21.0 Å². The highest BCUT2D eigenvalue weighted by molar-refractivity contribution is 7.99. The van der Waals surface area contributed by atoms with Gasteiger partial charge in [0.15, 0.2) is 5.82 Å². The molecule has 3 aromatic rings. The summed E-state index contributed by atoms with van der Waals surface area (Å²) in [5, 5.41) is 11.5. The van der Waals surface area contributed by atoms with Gasteiger partial charge in [0, 0.05) is 15.6 Å². The molecule has 9 heteroatoms. The first kappa shape index (κ1) is 20.5. The highest BCUT2D eigenvalue weighted by atomic mass is 35.5. The zero-order valence-electron chi connectivity index (χ0n) is 15.2. The van der Waals surface area contributed by atoms with Crippen LogP contribution in [0.4, 0.5) is 0 Å². The molecular weight excluding hydrogens is 419 g/mol. The smallest absolute Gasteiger partial charge is 0.230 e. The number of halogens is 2. The molecule has 0 saturated heterocycles. The molecule has 0 spiro atoms. The molecule has 1 unspecified atom stereocenters. The average Bonchev–Trinajstić information content (AvgIpc) is 3.15. The van der Waals surface area contributed by atoms with Crippen molar-refractivity contribution in [3.8, 4) is 17.1 Å². The van der Waals surface area contributed by atoms with Crippen LogP contribution < -0.4 is 10.1 Å². The Kier molecular flexibility index (Phi) is 6.83. The van der Waals surface area contributed by atoms with Gasteiger partial charge in [-0.2, -0.15) is 0 Å². The quantitative estimate of drug-likeness (QED) is 0.522. The van der Waals surface area contributed by atoms with E-state index in [1.54, 1.807) is 25.3 Å². The first-order valence-corrected chi connectivity index (χ1v) is 10.1. The first-order valence-electron chi connectivity index (χ1n) is 8.40. The molecule has 1 aromatic heterocycles. The Balaban J connectivity index is 1.55. The Morgan fingerprint density at radius 3 is 2.68 bits per heavy atom. The van der Waals surface area contributed by atoms with E-state index in [-0.39, 0.29) is 17.7 Å². The van der Waals surface area contributed by atoms with Crippen molar-refractivity contribution in [3.05, 3.63) is 58.1 Å². The fourth-order valence-electron chi connectivity index (χ4n) is 2.53. The van der Waals surface area contributed by atoms with Crippen molar-refractivity contribution in [1.82, 2.24) is 20.5 Å². The van der Waals surface area contributed by atoms with Crippen molar-refractivity contribution in [2.75, 3.05) is 12.9 Å². The number of ether oxygens (including phenoxy) is 1. The van der Waals surface area contributed by atoms with E-state index in [1.165, 1.54) is 11.8 Å². The topological polar surface area (TPSA) is 79.9 Å². The van der Waals surface area contributed by atoms with Gasteiger partial charge in [-0.3, -0.25) is 9.89 Å². The van der Waals surface area contributed by atoms with Crippen molar-refractivity contribution in [2.24, 2.45) is 0 Å². The lowest BCUT2D eigenvalue weighted by Gasteiger charge is -2.15. The second-order valence-corrected chi connectivity index (χ2v) is 7.72. The number of aromatic nitrogens is 3. The number of H-pyrrole nitrogens is 1. The van der Waals surface area contributed by atoms with Gasteiger partial charge in [-0.05, 0) is 48.9 Å². The third kappa shape index (κ3) is 5.19.